The number of pyridine rings is 1. The predicted molar refractivity (Wildman–Crippen MR) is 70.3 cm³/mol. The molecule has 2 fully saturated rings. The Balaban J connectivity index is 1.82. The maximum atomic E-state index is 9.21. The van der Waals surface area contributed by atoms with E-state index in [0.29, 0.717) is 12.1 Å². The van der Waals surface area contributed by atoms with Crippen LogP contribution >= 0.6 is 0 Å². The fraction of sp³-hybridized carbons (Fsp3) is 0.571. The first-order valence-corrected chi connectivity index (χ1v) is 6.72. The first-order valence-electron chi connectivity index (χ1n) is 6.72. The summed E-state index contributed by atoms with van der Waals surface area (Å²) in [5.41, 5.74) is 1.76. The van der Waals surface area contributed by atoms with Crippen LogP contribution in [0.3, 0.4) is 0 Å². The van der Waals surface area contributed by atoms with Gasteiger partial charge in [0.25, 0.3) is 0 Å². The van der Waals surface area contributed by atoms with Gasteiger partial charge in [0.05, 0.1) is 17.4 Å². The summed E-state index contributed by atoms with van der Waals surface area (Å²) < 4.78 is 0. The third-order valence-corrected chi connectivity index (χ3v) is 3.80. The molecule has 0 aromatic carbocycles. The predicted octanol–water partition coefficient (Wildman–Crippen LogP) is 1.67. The largest absolute Gasteiger partial charge is 0.365 e. The van der Waals surface area contributed by atoms with Gasteiger partial charge in [-0.15, -0.1) is 0 Å². The molecule has 1 aromatic rings. The number of anilines is 1. The molecule has 2 heterocycles. The molecule has 1 N–H and O–H groups in total. The van der Waals surface area contributed by atoms with Gasteiger partial charge in [-0.05, 0) is 38.3 Å². The van der Waals surface area contributed by atoms with Crippen molar-refractivity contribution in [2.45, 2.75) is 37.8 Å². The highest BCUT2D eigenvalue weighted by Gasteiger charge is 2.32. The number of nitrogens with one attached hydrogen (secondary N) is 1. The summed E-state index contributed by atoms with van der Waals surface area (Å²) in [6.07, 6.45) is 8.53. The van der Waals surface area contributed by atoms with Crippen LogP contribution in [0.5, 0.6) is 0 Å². The molecular formula is C14H18N4. The van der Waals surface area contributed by atoms with Gasteiger partial charge in [0, 0.05) is 24.8 Å². The Morgan fingerprint density at radius 2 is 2.33 bits per heavy atom. The van der Waals surface area contributed by atoms with Gasteiger partial charge in [0.15, 0.2) is 0 Å². The highest BCUT2D eigenvalue weighted by molar-refractivity contribution is 5.59. The second-order valence-corrected chi connectivity index (χ2v) is 5.18. The lowest BCUT2D eigenvalue weighted by Gasteiger charge is -2.28. The van der Waals surface area contributed by atoms with Gasteiger partial charge in [0.2, 0.25) is 0 Å². The van der Waals surface area contributed by atoms with E-state index in [9.17, 15) is 5.26 Å². The van der Waals surface area contributed by atoms with Crippen LogP contribution in [0.15, 0.2) is 18.5 Å². The first kappa shape index (κ1) is 11.5. The van der Waals surface area contributed by atoms with Crippen molar-refractivity contribution in [3.63, 3.8) is 0 Å². The van der Waals surface area contributed by atoms with E-state index in [4.69, 9.17) is 0 Å². The van der Waals surface area contributed by atoms with Crippen molar-refractivity contribution in [2.75, 3.05) is 18.0 Å². The summed E-state index contributed by atoms with van der Waals surface area (Å²) >= 11 is 0. The number of aromatic nitrogens is 1. The van der Waals surface area contributed by atoms with Crippen molar-refractivity contribution in [2.24, 2.45) is 0 Å². The van der Waals surface area contributed by atoms with E-state index in [1.807, 2.05) is 12.3 Å². The molecule has 1 unspecified atom stereocenters. The molecular weight excluding hydrogens is 224 g/mol. The van der Waals surface area contributed by atoms with Crippen LogP contribution in [0.4, 0.5) is 5.69 Å². The Morgan fingerprint density at radius 3 is 3.00 bits per heavy atom. The Hall–Kier alpha value is -1.60. The molecule has 1 aliphatic heterocycles. The zero-order valence-corrected chi connectivity index (χ0v) is 10.5. The van der Waals surface area contributed by atoms with Gasteiger partial charge in [0.1, 0.15) is 6.07 Å². The maximum Gasteiger partial charge on any atom is 0.101 e. The highest BCUT2D eigenvalue weighted by Crippen LogP contribution is 2.33. The first-order chi connectivity index (χ1) is 8.88. The van der Waals surface area contributed by atoms with Crippen LogP contribution in [-0.2, 0) is 0 Å². The van der Waals surface area contributed by atoms with Crippen molar-refractivity contribution in [3.8, 4) is 6.07 Å². The lowest BCUT2D eigenvalue weighted by molar-refractivity contribution is 0.578. The van der Waals surface area contributed by atoms with Gasteiger partial charge in [-0.25, -0.2) is 0 Å². The highest BCUT2D eigenvalue weighted by atomic mass is 15.2. The number of hydrogen-bond donors (Lipinski definition) is 1. The molecule has 0 spiro atoms. The minimum absolute atomic E-state index is 0.567. The zero-order valence-electron chi connectivity index (χ0n) is 10.5. The van der Waals surface area contributed by atoms with Crippen LogP contribution in [-0.4, -0.2) is 30.2 Å². The maximum absolute atomic E-state index is 9.21. The van der Waals surface area contributed by atoms with Crippen molar-refractivity contribution in [1.82, 2.24) is 10.3 Å². The zero-order chi connectivity index (χ0) is 12.4. The normalized spacial score (nSPS) is 22.7. The van der Waals surface area contributed by atoms with E-state index in [-0.39, 0.29) is 0 Å². The summed E-state index contributed by atoms with van der Waals surface area (Å²) in [5, 5.41) is 12.7. The van der Waals surface area contributed by atoms with E-state index in [1.54, 1.807) is 6.20 Å². The molecule has 1 saturated heterocycles. The topological polar surface area (TPSA) is 52.0 Å². The summed E-state index contributed by atoms with van der Waals surface area (Å²) in [4.78, 5) is 6.57. The van der Waals surface area contributed by atoms with E-state index in [2.05, 4.69) is 21.3 Å². The van der Waals surface area contributed by atoms with E-state index >= 15 is 0 Å². The van der Waals surface area contributed by atoms with Gasteiger partial charge in [-0.2, -0.15) is 5.26 Å². The smallest absolute Gasteiger partial charge is 0.101 e. The third kappa shape index (κ3) is 2.32. The molecule has 4 heteroatoms. The summed E-state index contributed by atoms with van der Waals surface area (Å²) in [6.45, 7) is 2.13. The number of nitrogens with zero attached hydrogens (tertiary/aromatic N) is 3. The molecule has 0 bridgehead atoms. The number of rotatable bonds is 4. The molecule has 4 nitrogen and oxygen atoms in total. The van der Waals surface area contributed by atoms with E-state index in [0.717, 1.165) is 24.3 Å². The third-order valence-electron chi connectivity index (χ3n) is 3.80. The van der Waals surface area contributed by atoms with Gasteiger partial charge in [-0.1, -0.05) is 0 Å². The number of nitriles is 1. The van der Waals surface area contributed by atoms with Crippen LogP contribution < -0.4 is 10.2 Å². The Labute approximate surface area is 108 Å². The Kier molecular flexibility index (Phi) is 3.16. The molecule has 1 aliphatic carbocycles. The fourth-order valence-electron chi connectivity index (χ4n) is 2.69. The summed E-state index contributed by atoms with van der Waals surface area (Å²) in [6, 6.07) is 5.28. The van der Waals surface area contributed by atoms with Crippen molar-refractivity contribution < 1.29 is 0 Å². The fourth-order valence-corrected chi connectivity index (χ4v) is 2.69. The SMILES string of the molecule is N#Cc1ccncc1N(CC1CCCN1)C1CC1. The van der Waals surface area contributed by atoms with Gasteiger partial charge in [-0.3, -0.25) is 4.98 Å². The average Bonchev–Trinajstić information content (AvgIpc) is 3.13. The molecule has 0 amide bonds. The van der Waals surface area contributed by atoms with Crippen LogP contribution in [0.1, 0.15) is 31.2 Å². The standard InChI is InChI=1S/C14H18N4/c15-8-11-5-7-16-9-14(11)18(13-3-4-13)10-12-2-1-6-17-12/h5,7,9,12-13,17H,1-4,6,10H2. The van der Waals surface area contributed by atoms with Gasteiger partial charge >= 0.3 is 0 Å². The number of hydrogen-bond acceptors (Lipinski definition) is 4. The van der Waals surface area contributed by atoms with Crippen molar-refractivity contribution >= 4 is 5.69 Å². The van der Waals surface area contributed by atoms with Crippen molar-refractivity contribution in [3.05, 3.63) is 24.0 Å². The molecule has 18 heavy (non-hydrogen) atoms. The second kappa shape index (κ2) is 4.95. The summed E-state index contributed by atoms with van der Waals surface area (Å²) in [7, 11) is 0. The molecule has 1 aromatic heterocycles. The molecule has 94 valence electrons. The molecule has 1 saturated carbocycles. The lowest BCUT2D eigenvalue weighted by atomic mass is 10.1. The minimum atomic E-state index is 0.567. The minimum Gasteiger partial charge on any atom is -0.365 e. The van der Waals surface area contributed by atoms with Crippen molar-refractivity contribution in [1.29, 1.82) is 5.26 Å². The van der Waals surface area contributed by atoms with Crippen LogP contribution in [0.25, 0.3) is 0 Å². The lowest BCUT2D eigenvalue weighted by Crippen LogP contribution is -2.39. The second-order valence-electron chi connectivity index (χ2n) is 5.18. The van der Waals surface area contributed by atoms with E-state index < -0.39 is 0 Å². The molecule has 1 atom stereocenters. The van der Waals surface area contributed by atoms with Gasteiger partial charge < -0.3 is 10.2 Å². The molecule has 3 rings (SSSR count). The monoisotopic (exact) mass is 242 g/mol. The quantitative estimate of drug-likeness (QED) is 0.872. The summed E-state index contributed by atoms with van der Waals surface area (Å²) in [5.74, 6) is 0. The Morgan fingerprint density at radius 1 is 1.44 bits per heavy atom. The van der Waals surface area contributed by atoms with E-state index in [1.165, 1.54) is 25.7 Å². The van der Waals surface area contributed by atoms with Crippen LogP contribution in [0, 0.1) is 11.3 Å². The molecule has 0 radical (unpaired) electrons. The average molecular weight is 242 g/mol. The molecule has 2 aliphatic rings. The van der Waals surface area contributed by atoms with Crippen LogP contribution in [0.2, 0.25) is 0 Å². The Bertz CT molecular complexity index is 455.